The molecule has 0 saturated carbocycles. The van der Waals surface area contributed by atoms with Crippen molar-refractivity contribution in [3.05, 3.63) is 94.5 Å². The second-order valence-corrected chi connectivity index (χ2v) is 8.10. The first kappa shape index (κ1) is 21.9. The maximum Gasteiger partial charge on any atom is 0.418 e. The lowest BCUT2D eigenvalue weighted by Gasteiger charge is -2.16. The molecule has 0 saturated heterocycles. The summed E-state index contributed by atoms with van der Waals surface area (Å²) in [5.74, 6) is 0.575. The Labute approximate surface area is 191 Å². The van der Waals surface area contributed by atoms with Crippen molar-refractivity contribution in [2.24, 2.45) is 0 Å². The Morgan fingerprint density at radius 1 is 0.969 bits per heavy atom. The van der Waals surface area contributed by atoms with E-state index in [2.05, 4.69) is 16.3 Å². The average molecular weight is 471 g/mol. The van der Waals surface area contributed by atoms with Gasteiger partial charge in [-0.15, -0.1) is 10.2 Å². The third-order valence-corrected chi connectivity index (χ3v) is 5.87. The molecule has 0 fully saturated rings. The Hall–Kier alpha value is -3.28. The van der Waals surface area contributed by atoms with Crippen molar-refractivity contribution in [2.75, 3.05) is 0 Å². The number of thioether (sulfide) groups is 1. The van der Waals surface area contributed by atoms with Crippen molar-refractivity contribution in [3.63, 3.8) is 0 Å². The van der Waals surface area contributed by atoms with Gasteiger partial charge in [-0.3, -0.25) is 4.57 Å². The van der Waals surface area contributed by atoms with Crippen LogP contribution in [-0.2, 0) is 11.9 Å². The number of rotatable bonds is 5. The average Bonchev–Trinajstić information content (AvgIpc) is 3.21. The fraction of sp³-hybridized carbons (Fsp3) is 0.0870. The minimum absolute atomic E-state index is 0.0870. The molecule has 0 atom stereocenters. The van der Waals surface area contributed by atoms with Crippen LogP contribution >= 0.6 is 23.4 Å². The molecule has 1 heterocycles. The van der Waals surface area contributed by atoms with E-state index >= 15 is 0 Å². The van der Waals surface area contributed by atoms with Gasteiger partial charge in [0.2, 0.25) is 0 Å². The van der Waals surface area contributed by atoms with Crippen LogP contribution in [0.2, 0.25) is 5.02 Å². The number of alkyl halides is 3. The van der Waals surface area contributed by atoms with Crippen LogP contribution in [0.15, 0.2) is 78.0 Å². The highest BCUT2D eigenvalue weighted by molar-refractivity contribution is 7.98. The van der Waals surface area contributed by atoms with Crippen LogP contribution in [0.25, 0.3) is 17.1 Å². The highest BCUT2D eigenvalue weighted by Gasteiger charge is 2.35. The summed E-state index contributed by atoms with van der Waals surface area (Å²) in [4.78, 5) is 0. The summed E-state index contributed by atoms with van der Waals surface area (Å²) >= 11 is 7.31. The molecule has 1 aromatic heterocycles. The standard InChI is InChI=1S/C23H14ClF3N4S/c24-18-9-5-8-15(12-18)21-29-30-22(32-14-17-7-2-1-6-16(17)13-28)31(21)20-11-4-3-10-19(20)23(25,26)27/h1-12H,14H2. The highest BCUT2D eigenvalue weighted by Crippen LogP contribution is 2.38. The molecule has 0 N–H and O–H groups in total. The second-order valence-electron chi connectivity index (χ2n) is 6.72. The zero-order chi connectivity index (χ0) is 22.7. The van der Waals surface area contributed by atoms with E-state index in [0.29, 0.717) is 21.9 Å². The number of halogens is 4. The van der Waals surface area contributed by atoms with Crippen LogP contribution in [0.3, 0.4) is 0 Å². The van der Waals surface area contributed by atoms with E-state index in [1.807, 2.05) is 0 Å². The van der Waals surface area contributed by atoms with Crippen molar-refractivity contribution in [1.82, 2.24) is 14.8 Å². The van der Waals surface area contributed by atoms with E-state index < -0.39 is 11.7 Å². The van der Waals surface area contributed by atoms with Crippen molar-refractivity contribution >= 4 is 23.4 Å². The first-order chi connectivity index (χ1) is 15.4. The van der Waals surface area contributed by atoms with Crippen LogP contribution in [0.4, 0.5) is 13.2 Å². The van der Waals surface area contributed by atoms with Crippen molar-refractivity contribution in [1.29, 1.82) is 5.26 Å². The van der Waals surface area contributed by atoms with Gasteiger partial charge < -0.3 is 0 Å². The second kappa shape index (κ2) is 9.07. The van der Waals surface area contributed by atoms with Gasteiger partial charge in [0.25, 0.3) is 0 Å². The fourth-order valence-electron chi connectivity index (χ4n) is 3.20. The minimum atomic E-state index is -4.57. The summed E-state index contributed by atoms with van der Waals surface area (Å²) in [6.45, 7) is 0. The molecule has 0 amide bonds. The molecule has 32 heavy (non-hydrogen) atoms. The summed E-state index contributed by atoms with van der Waals surface area (Å²) < 4.78 is 42.8. The molecule has 0 spiro atoms. The van der Waals surface area contributed by atoms with Gasteiger partial charge in [-0.1, -0.05) is 65.8 Å². The van der Waals surface area contributed by atoms with Gasteiger partial charge in [0.15, 0.2) is 11.0 Å². The molecular formula is C23H14ClF3N4S. The monoisotopic (exact) mass is 470 g/mol. The molecule has 0 aliphatic rings. The van der Waals surface area contributed by atoms with Crippen LogP contribution < -0.4 is 0 Å². The summed E-state index contributed by atoms with van der Waals surface area (Å²) in [6, 6.07) is 21.2. The molecule has 0 aliphatic carbocycles. The van der Waals surface area contributed by atoms with Gasteiger partial charge in [-0.2, -0.15) is 18.4 Å². The summed E-state index contributed by atoms with van der Waals surface area (Å²) in [5.41, 5.74) is 0.893. The van der Waals surface area contributed by atoms with E-state index in [9.17, 15) is 18.4 Å². The number of aromatic nitrogens is 3. The van der Waals surface area contributed by atoms with Gasteiger partial charge >= 0.3 is 6.18 Å². The molecule has 0 bridgehead atoms. The topological polar surface area (TPSA) is 54.5 Å². The van der Waals surface area contributed by atoms with Gasteiger partial charge in [-0.05, 0) is 35.9 Å². The van der Waals surface area contributed by atoms with E-state index in [-0.39, 0.29) is 16.7 Å². The molecule has 160 valence electrons. The van der Waals surface area contributed by atoms with E-state index in [4.69, 9.17) is 11.6 Å². The third kappa shape index (κ3) is 4.49. The quantitative estimate of drug-likeness (QED) is 0.302. The van der Waals surface area contributed by atoms with Crippen LogP contribution in [0.1, 0.15) is 16.7 Å². The molecule has 0 unspecified atom stereocenters. The largest absolute Gasteiger partial charge is 0.418 e. The Kier molecular flexibility index (Phi) is 6.21. The van der Waals surface area contributed by atoms with Crippen molar-refractivity contribution < 1.29 is 13.2 Å². The SMILES string of the molecule is N#Cc1ccccc1CSc1nnc(-c2cccc(Cl)c2)n1-c1ccccc1C(F)(F)F. The van der Waals surface area contributed by atoms with Crippen molar-refractivity contribution in [2.45, 2.75) is 17.1 Å². The number of hydrogen-bond donors (Lipinski definition) is 0. The fourth-order valence-corrected chi connectivity index (χ4v) is 4.34. The number of benzene rings is 3. The molecule has 3 aromatic carbocycles. The molecule has 9 heteroatoms. The zero-order valence-corrected chi connectivity index (χ0v) is 17.9. The van der Waals surface area contributed by atoms with Crippen LogP contribution in [0.5, 0.6) is 0 Å². The Morgan fingerprint density at radius 2 is 1.72 bits per heavy atom. The number of para-hydroxylation sites is 1. The van der Waals surface area contributed by atoms with Gasteiger partial charge in [0.05, 0.1) is 22.9 Å². The zero-order valence-electron chi connectivity index (χ0n) is 16.3. The van der Waals surface area contributed by atoms with Crippen molar-refractivity contribution in [3.8, 4) is 23.1 Å². The van der Waals surface area contributed by atoms with E-state index in [1.165, 1.54) is 34.5 Å². The molecule has 0 aliphatic heterocycles. The first-order valence-electron chi connectivity index (χ1n) is 9.37. The summed E-state index contributed by atoms with van der Waals surface area (Å²) in [5, 5.41) is 18.4. The molecular weight excluding hydrogens is 457 g/mol. The predicted molar refractivity (Wildman–Crippen MR) is 118 cm³/mol. The summed E-state index contributed by atoms with van der Waals surface area (Å²) in [7, 11) is 0. The van der Waals surface area contributed by atoms with E-state index in [0.717, 1.165) is 11.6 Å². The normalized spacial score (nSPS) is 11.3. The van der Waals surface area contributed by atoms with Gasteiger partial charge in [-0.25, -0.2) is 0 Å². The molecule has 4 rings (SSSR count). The lowest BCUT2D eigenvalue weighted by molar-refractivity contribution is -0.137. The van der Waals surface area contributed by atoms with Crippen LogP contribution in [-0.4, -0.2) is 14.8 Å². The van der Waals surface area contributed by atoms with E-state index in [1.54, 1.807) is 48.5 Å². The lowest BCUT2D eigenvalue weighted by Crippen LogP contribution is -2.12. The Morgan fingerprint density at radius 3 is 2.47 bits per heavy atom. The Balaban J connectivity index is 1.85. The highest BCUT2D eigenvalue weighted by atomic mass is 35.5. The maximum absolute atomic E-state index is 13.8. The summed E-state index contributed by atoms with van der Waals surface area (Å²) in [6.07, 6.45) is -4.57. The first-order valence-corrected chi connectivity index (χ1v) is 10.7. The minimum Gasteiger partial charge on any atom is -0.269 e. The molecule has 4 aromatic rings. The smallest absolute Gasteiger partial charge is 0.269 e. The predicted octanol–water partition coefficient (Wildman–Crippen LogP) is 6.77. The van der Waals surface area contributed by atoms with Crippen LogP contribution in [0, 0.1) is 11.3 Å². The molecule has 4 nitrogen and oxygen atoms in total. The third-order valence-electron chi connectivity index (χ3n) is 4.66. The lowest BCUT2D eigenvalue weighted by atomic mass is 10.1. The van der Waals surface area contributed by atoms with Gasteiger partial charge in [0, 0.05) is 16.3 Å². The molecule has 0 radical (unpaired) electrons. The number of nitrogens with zero attached hydrogens (tertiary/aromatic N) is 4. The number of nitriles is 1. The Bertz CT molecular complexity index is 1310. The maximum atomic E-state index is 13.8. The number of hydrogen-bond acceptors (Lipinski definition) is 4. The van der Waals surface area contributed by atoms with Gasteiger partial charge in [0.1, 0.15) is 0 Å².